The smallest absolute Gasteiger partial charge is 0.272 e. The molecule has 2 aliphatic heterocycles. The molecule has 1 amide bonds. The number of carbonyl (C=O) groups excluding carboxylic acids is 1. The van der Waals surface area contributed by atoms with E-state index in [0.717, 1.165) is 56.9 Å². The highest BCUT2D eigenvalue weighted by Gasteiger charge is 2.31. The summed E-state index contributed by atoms with van der Waals surface area (Å²) in [5.74, 6) is 2.02. The van der Waals surface area contributed by atoms with Gasteiger partial charge in [-0.05, 0) is 62.8 Å². The first-order chi connectivity index (χ1) is 18.6. The lowest BCUT2D eigenvalue weighted by Gasteiger charge is -2.38. The fourth-order valence-electron chi connectivity index (χ4n) is 6.43. The van der Waals surface area contributed by atoms with Gasteiger partial charge in [0.25, 0.3) is 5.91 Å². The van der Waals surface area contributed by atoms with Crippen molar-refractivity contribution < 1.29 is 14.3 Å². The zero-order valence-electron chi connectivity index (χ0n) is 22.9. The number of benzene rings is 1. The second-order valence-corrected chi connectivity index (χ2v) is 11.2. The molecule has 0 radical (unpaired) electrons. The molecule has 4 atom stereocenters. The van der Waals surface area contributed by atoms with Crippen molar-refractivity contribution in [3.05, 3.63) is 53.5 Å². The van der Waals surface area contributed by atoms with Crippen molar-refractivity contribution in [2.75, 3.05) is 45.3 Å². The second-order valence-electron chi connectivity index (χ2n) is 11.2. The van der Waals surface area contributed by atoms with Crippen LogP contribution in [0.15, 0.2) is 36.7 Å². The van der Waals surface area contributed by atoms with Gasteiger partial charge in [0.1, 0.15) is 17.8 Å². The third kappa shape index (κ3) is 6.53. The highest BCUT2D eigenvalue weighted by Crippen LogP contribution is 2.36. The molecular weight excluding hydrogens is 478 g/mol. The predicted octanol–water partition coefficient (Wildman–Crippen LogP) is 4.17. The van der Waals surface area contributed by atoms with Crippen molar-refractivity contribution >= 4 is 11.7 Å². The molecule has 206 valence electrons. The summed E-state index contributed by atoms with van der Waals surface area (Å²) in [6.45, 7) is 5.71. The van der Waals surface area contributed by atoms with E-state index in [2.05, 4.69) is 50.9 Å². The van der Waals surface area contributed by atoms with Gasteiger partial charge in [-0.3, -0.25) is 4.79 Å². The van der Waals surface area contributed by atoms with Crippen molar-refractivity contribution in [1.29, 1.82) is 0 Å². The van der Waals surface area contributed by atoms with Crippen LogP contribution in [0.1, 0.15) is 72.5 Å². The van der Waals surface area contributed by atoms with Crippen LogP contribution in [0.25, 0.3) is 0 Å². The molecule has 0 bridgehead atoms. The van der Waals surface area contributed by atoms with Gasteiger partial charge < -0.3 is 25.0 Å². The van der Waals surface area contributed by atoms with E-state index >= 15 is 0 Å². The number of hydrogen-bond acceptors (Lipinski definition) is 7. The summed E-state index contributed by atoms with van der Waals surface area (Å²) in [6, 6.07) is 11.6. The third-order valence-electron chi connectivity index (χ3n) is 8.74. The number of aromatic nitrogens is 2. The van der Waals surface area contributed by atoms with Gasteiger partial charge in [-0.2, -0.15) is 0 Å². The molecule has 1 aromatic heterocycles. The summed E-state index contributed by atoms with van der Waals surface area (Å²) in [5.41, 5.74) is 2.82. The number of amides is 1. The molecule has 2 aromatic rings. The van der Waals surface area contributed by atoms with Crippen LogP contribution in [0.5, 0.6) is 0 Å². The van der Waals surface area contributed by atoms with E-state index in [-0.39, 0.29) is 12.0 Å². The Morgan fingerprint density at radius 1 is 1.11 bits per heavy atom. The third-order valence-corrected chi connectivity index (χ3v) is 8.74. The highest BCUT2D eigenvalue weighted by molar-refractivity contribution is 5.94. The van der Waals surface area contributed by atoms with Crippen molar-refractivity contribution in [2.24, 2.45) is 5.92 Å². The van der Waals surface area contributed by atoms with Crippen LogP contribution in [0.2, 0.25) is 0 Å². The standard InChI is InChI=1S/C30H43N5O3/c1-21-28(30(36)35-14-11-25(12-15-35)34-26-13-16-38-19-27(26)37-2)32-20-33-29(21)31-18-22-7-6-10-24(17-22)23-8-4-3-5-9-23/h3-5,8-9,20,22,24-27,34H,6-7,10-19H2,1-2H3,(H,31,32,33)/t22-,24+,26+,27-/m0/s1. The monoisotopic (exact) mass is 521 g/mol. The Hall–Kier alpha value is -2.55. The Balaban J connectivity index is 1.13. The topological polar surface area (TPSA) is 88.6 Å². The van der Waals surface area contributed by atoms with Gasteiger partial charge in [0.2, 0.25) is 0 Å². The summed E-state index contributed by atoms with van der Waals surface area (Å²) in [4.78, 5) is 24.3. The molecule has 3 aliphatic rings. The molecule has 5 rings (SSSR count). The number of anilines is 1. The minimum atomic E-state index is 0.00837. The lowest BCUT2D eigenvalue weighted by atomic mass is 9.78. The maximum Gasteiger partial charge on any atom is 0.272 e. The van der Waals surface area contributed by atoms with E-state index in [9.17, 15) is 4.79 Å². The highest BCUT2D eigenvalue weighted by atomic mass is 16.5. The predicted molar refractivity (Wildman–Crippen MR) is 148 cm³/mol. The van der Waals surface area contributed by atoms with Gasteiger partial charge in [-0.15, -0.1) is 0 Å². The van der Waals surface area contributed by atoms with E-state index in [1.807, 2.05) is 11.8 Å². The van der Waals surface area contributed by atoms with Crippen LogP contribution < -0.4 is 10.6 Å². The van der Waals surface area contributed by atoms with Gasteiger partial charge in [0, 0.05) is 51.0 Å². The summed E-state index contributed by atoms with van der Waals surface area (Å²) in [5, 5.41) is 7.32. The largest absolute Gasteiger partial charge is 0.379 e. The van der Waals surface area contributed by atoms with E-state index in [0.29, 0.717) is 36.2 Å². The first-order valence-corrected chi connectivity index (χ1v) is 14.4. The number of methoxy groups -OCH3 is 1. The van der Waals surface area contributed by atoms with Crippen LogP contribution in [-0.2, 0) is 9.47 Å². The molecule has 38 heavy (non-hydrogen) atoms. The number of nitrogens with one attached hydrogen (secondary N) is 2. The lowest BCUT2D eigenvalue weighted by molar-refractivity contribution is -0.0533. The minimum absolute atomic E-state index is 0.00837. The molecule has 0 spiro atoms. The van der Waals surface area contributed by atoms with E-state index < -0.39 is 0 Å². The minimum Gasteiger partial charge on any atom is -0.379 e. The number of piperidine rings is 1. The number of nitrogens with zero attached hydrogens (tertiary/aromatic N) is 3. The number of ether oxygens (including phenoxy) is 2. The molecule has 0 unspecified atom stereocenters. The van der Waals surface area contributed by atoms with Crippen molar-refractivity contribution in [3.63, 3.8) is 0 Å². The Kier molecular flexibility index (Phi) is 9.25. The molecular formula is C30H43N5O3. The lowest BCUT2D eigenvalue weighted by Crippen LogP contribution is -2.54. The van der Waals surface area contributed by atoms with Gasteiger partial charge in [-0.1, -0.05) is 36.8 Å². The van der Waals surface area contributed by atoms with Crippen molar-refractivity contribution in [1.82, 2.24) is 20.2 Å². The van der Waals surface area contributed by atoms with Gasteiger partial charge in [-0.25, -0.2) is 9.97 Å². The van der Waals surface area contributed by atoms with E-state index in [4.69, 9.17) is 9.47 Å². The average Bonchev–Trinajstić information content (AvgIpc) is 2.97. The molecule has 3 fully saturated rings. The molecule has 8 heteroatoms. The van der Waals surface area contributed by atoms with Gasteiger partial charge in [0.15, 0.2) is 0 Å². The normalized spacial score (nSPS) is 26.7. The molecule has 2 N–H and O–H groups in total. The van der Waals surface area contributed by atoms with E-state index in [1.165, 1.54) is 37.6 Å². The zero-order valence-corrected chi connectivity index (χ0v) is 22.9. The summed E-state index contributed by atoms with van der Waals surface area (Å²) in [7, 11) is 1.75. The molecule has 1 saturated carbocycles. The number of likely N-dealkylation sites (tertiary alicyclic amines) is 1. The maximum absolute atomic E-state index is 13.4. The maximum atomic E-state index is 13.4. The van der Waals surface area contributed by atoms with Gasteiger partial charge >= 0.3 is 0 Å². The van der Waals surface area contributed by atoms with Crippen molar-refractivity contribution in [2.45, 2.75) is 76.0 Å². The molecule has 1 aromatic carbocycles. The average molecular weight is 522 g/mol. The van der Waals surface area contributed by atoms with Crippen LogP contribution in [0, 0.1) is 12.8 Å². The fraction of sp³-hybridized carbons (Fsp3) is 0.633. The SMILES string of the molecule is CO[C@H]1COCC[C@H]1NC1CCN(C(=O)c2ncnc(NC[C@H]3CCC[C@@H](c4ccccc4)C3)c2C)CC1. The molecule has 3 heterocycles. The Morgan fingerprint density at radius 3 is 2.71 bits per heavy atom. The fourth-order valence-corrected chi connectivity index (χ4v) is 6.43. The first kappa shape index (κ1) is 27.0. The van der Waals surface area contributed by atoms with Gasteiger partial charge in [0.05, 0.1) is 12.7 Å². The Morgan fingerprint density at radius 2 is 1.92 bits per heavy atom. The summed E-state index contributed by atoms with van der Waals surface area (Å²) in [6.07, 6.45) is 9.38. The quantitative estimate of drug-likeness (QED) is 0.539. The van der Waals surface area contributed by atoms with Crippen LogP contribution in [0.3, 0.4) is 0 Å². The molecule has 1 aliphatic carbocycles. The molecule has 8 nitrogen and oxygen atoms in total. The second kappa shape index (κ2) is 13.0. The summed E-state index contributed by atoms with van der Waals surface area (Å²) < 4.78 is 11.1. The zero-order chi connectivity index (χ0) is 26.3. The molecule has 2 saturated heterocycles. The Bertz CT molecular complexity index is 1040. The van der Waals surface area contributed by atoms with Crippen LogP contribution in [-0.4, -0.2) is 78.9 Å². The first-order valence-electron chi connectivity index (χ1n) is 14.4. The van der Waals surface area contributed by atoms with Crippen LogP contribution in [0.4, 0.5) is 5.82 Å². The summed E-state index contributed by atoms with van der Waals surface area (Å²) >= 11 is 0. The number of hydrogen-bond donors (Lipinski definition) is 2. The Labute approximate surface area is 226 Å². The number of carbonyl (C=O) groups is 1. The number of rotatable bonds is 8. The van der Waals surface area contributed by atoms with Crippen molar-refractivity contribution in [3.8, 4) is 0 Å². The van der Waals surface area contributed by atoms with E-state index in [1.54, 1.807) is 7.11 Å². The van der Waals surface area contributed by atoms with Crippen LogP contribution >= 0.6 is 0 Å².